The van der Waals surface area contributed by atoms with E-state index in [9.17, 15) is 9.90 Å². The van der Waals surface area contributed by atoms with E-state index in [4.69, 9.17) is 0 Å². The average molecular weight is 297 g/mol. The van der Waals surface area contributed by atoms with Crippen molar-refractivity contribution in [2.75, 3.05) is 11.4 Å². The van der Waals surface area contributed by atoms with Gasteiger partial charge in [-0.2, -0.15) is 5.10 Å². The van der Waals surface area contributed by atoms with Crippen LogP contribution in [0.2, 0.25) is 0 Å². The number of hydrogen-bond donors (Lipinski definition) is 1. The van der Waals surface area contributed by atoms with Crippen molar-refractivity contribution >= 4 is 17.6 Å². The van der Waals surface area contributed by atoms with Gasteiger partial charge in [0, 0.05) is 37.1 Å². The van der Waals surface area contributed by atoms with E-state index in [1.807, 2.05) is 36.0 Å². The van der Waals surface area contributed by atoms with Crippen molar-refractivity contribution in [3.8, 4) is 11.1 Å². The molecule has 0 saturated heterocycles. The van der Waals surface area contributed by atoms with Crippen LogP contribution in [0.15, 0.2) is 30.7 Å². The quantitative estimate of drug-likeness (QED) is 0.747. The molecule has 3 aromatic heterocycles. The Morgan fingerprint density at radius 3 is 2.86 bits per heavy atom. The van der Waals surface area contributed by atoms with Gasteiger partial charge in [-0.3, -0.25) is 14.0 Å². The number of imidazole rings is 1. The van der Waals surface area contributed by atoms with Crippen LogP contribution in [0.4, 0.5) is 10.6 Å². The number of nitrogens with zero attached hydrogens (tertiary/aromatic N) is 5. The molecule has 4 rings (SSSR count). The molecule has 3 aromatic rings. The molecule has 0 bridgehead atoms. The van der Waals surface area contributed by atoms with Gasteiger partial charge in [-0.05, 0) is 25.0 Å². The second-order valence-corrected chi connectivity index (χ2v) is 5.47. The molecule has 0 unspecified atom stereocenters. The van der Waals surface area contributed by atoms with Crippen molar-refractivity contribution in [3.05, 3.63) is 36.4 Å². The highest BCUT2D eigenvalue weighted by molar-refractivity contribution is 5.87. The summed E-state index contributed by atoms with van der Waals surface area (Å²) in [5.74, 6) is 0.666. The van der Waals surface area contributed by atoms with Gasteiger partial charge in [-0.15, -0.1) is 0 Å². The van der Waals surface area contributed by atoms with E-state index in [0.717, 1.165) is 35.3 Å². The normalized spacial score (nSPS) is 14.3. The molecule has 22 heavy (non-hydrogen) atoms. The summed E-state index contributed by atoms with van der Waals surface area (Å²) in [6, 6.07) is 3.90. The molecule has 0 aromatic carbocycles. The summed E-state index contributed by atoms with van der Waals surface area (Å²) >= 11 is 0. The fourth-order valence-corrected chi connectivity index (χ4v) is 2.97. The molecule has 1 aliphatic heterocycles. The first-order chi connectivity index (χ1) is 10.6. The monoisotopic (exact) mass is 297 g/mol. The Hall–Kier alpha value is -2.83. The Morgan fingerprint density at radius 2 is 2.14 bits per heavy atom. The van der Waals surface area contributed by atoms with Crippen molar-refractivity contribution in [2.45, 2.75) is 12.8 Å². The minimum absolute atomic E-state index is 0.507. The maximum atomic E-state index is 11.5. The van der Waals surface area contributed by atoms with Crippen molar-refractivity contribution < 1.29 is 9.90 Å². The van der Waals surface area contributed by atoms with E-state index in [1.165, 1.54) is 4.90 Å². The summed E-state index contributed by atoms with van der Waals surface area (Å²) in [6.07, 6.45) is 6.33. The second kappa shape index (κ2) is 4.59. The van der Waals surface area contributed by atoms with Crippen LogP contribution >= 0.6 is 0 Å². The lowest BCUT2D eigenvalue weighted by Crippen LogP contribution is -2.34. The molecular weight excluding hydrogens is 282 g/mol. The van der Waals surface area contributed by atoms with Crippen LogP contribution < -0.4 is 4.90 Å². The van der Waals surface area contributed by atoms with E-state index < -0.39 is 6.09 Å². The third kappa shape index (κ3) is 1.86. The maximum Gasteiger partial charge on any atom is 0.413 e. The van der Waals surface area contributed by atoms with Gasteiger partial charge in [0.2, 0.25) is 0 Å². The number of hydrogen-bond acceptors (Lipinski definition) is 3. The molecule has 1 N–H and O–H groups in total. The zero-order valence-electron chi connectivity index (χ0n) is 12.1. The maximum absolute atomic E-state index is 11.5. The van der Waals surface area contributed by atoms with Crippen LogP contribution in [0.3, 0.4) is 0 Å². The number of aromatic nitrogens is 4. The molecule has 0 atom stereocenters. The summed E-state index contributed by atoms with van der Waals surface area (Å²) in [4.78, 5) is 17.4. The standard InChI is InChI=1S/C15H15N5O2/c1-18-8-11(7-16-18)10-4-5-13-17-12-3-2-6-19(15(21)22)14(12)20(13)9-10/h4-5,7-9H,2-3,6H2,1H3,(H,21,22). The molecular formula is C15H15N5O2. The van der Waals surface area contributed by atoms with Gasteiger partial charge in [0.25, 0.3) is 0 Å². The fraction of sp³-hybridized carbons (Fsp3) is 0.267. The molecule has 1 amide bonds. The number of carbonyl (C=O) groups is 1. The molecule has 0 radical (unpaired) electrons. The number of aryl methyl sites for hydroxylation is 2. The number of pyridine rings is 1. The molecule has 1 aliphatic rings. The third-order valence-corrected chi connectivity index (χ3v) is 3.98. The van der Waals surface area contributed by atoms with E-state index in [1.54, 1.807) is 10.9 Å². The van der Waals surface area contributed by atoms with E-state index >= 15 is 0 Å². The molecule has 0 fully saturated rings. The molecule has 7 heteroatoms. The molecule has 0 aliphatic carbocycles. The Bertz CT molecular complexity index is 879. The molecule has 4 heterocycles. The Kier molecular flexibility index (Phi) is 2.69. The van der Waals surface area contributed by atoms with Gasteiger partial charge in [0.1, 0.15) is 11.5 Å². The minimum Gasteiger partial charge on any atom is -0.465 e. The average Bonchev–Trinajstić information content (AvgIpc) is 3.09. The molecule has 112 valence electrons. The van der Waals surface area contributed by atoms with Gasteiger partial charge in [0.05, 0.1) is 11.9 Å². The third-order valence-electron chi connectivity index (χ3n) is 3.98. The zero-order valence-corrected chi connectivity index (χ0v) is 12.1. The van der Waals surface area contributed by atoms with Crippen LogP contribution in [-0.4, -0.2) is 36.9 Å². The van der Waals surface area contributed by atoms with Crippen molar-refractivity contribution in [2.24, 2.45) is 7.05 Å². The first-order valence-corrected chi connectivity index (χ1v) is 7.14. The summed E-state index contributed by atoms with van der Waals surface area (Å²) < 4.78 is 3.61. The van der Waals surface area contributed by atoms with E-state index in [-0.39, 0.29) is 0 Å². The summed E-state index contributed by atoms with van der Waals surface area (Å²) in [5, 5.41) is 13.6. The molecule has 0 spiro atoms. The number of carboxylic acid groups (broad SMARTS) is 1. The highest BCUT2D eigenvalue weighted by Gasteiger charge is 2.27. The van der Waals surface area contributed by atoms with Gasteiger partial charge in [-0.25, -0.2) is 9.78 Å². The van der Waals surface area contributed by atoms with Crippen LogP contribution in [0, 0.1) is 0 Å². The highest BCUT2D eigenvalue weighted by Crippen LogP contribution is 2.30. The van der Waals surface area contributed by atoms with Crippen molar-refractivity contribution in [1.82, 2.24) is 19.2 Å². The van der Waals surface area contributed by atoms with E-state index in [2.05, 4.69) is 10.1 Å². The lowest BCUT2D eigenvalue weighted by atomic mass is 10.1. The Labute approximate surface area is 126 Å². The van der Waals surface area contributed by atoms with Gasteiger partial charge in [-0.1, -0.05) is 0 Å². The first-order valence-electron chi connectivity index (χ1n) is 7.14. The largest absolute Gasteiger partial charge is 0.465 e. The van der Waals surface area contributed by atoms with Crippen molar-refractivity contribution in [3.63, 3.8) is 0 Å². The lowest BCUT2D eigenvalue weighted by molar-refractivity contribution is 0.201. The topological polar surface area (TPSA) is 75.7 Å². The van der Waals surface area contributed by atoms with Gasteiger partial charge < -0.3 is 5.11 Å². The van der Waals surface area contributed by atoms with E-state index in [0.29, 0.717) is 12.4 Å². The summed E-state index contributed by atoms with van der Waals surface area (Å²) in [6.45, 7) is 0.507. The number of amides is 1. The number of anilines is 1. The van der Waals surface area contributed by atoms with Crippen LogP contribution in [0.25, 0.3) is 16.8 Å². The smallest absolute Gasteiger partial charge is 0.413 e. The number of fused-ring (bicyclic) bond motifs is 3. The predicted molar refractivity (Wildman–Crippen MR) is 81.1 cm³/mol. The predicted octanol–water partition coefficient (Wildman–Crippen LogP) is 2.17. The fourth-order valence-electron chi connectivity index (χ4n) is 2.97. The number of rotatable bonds is 1. The summed E-state index contributed by atoms with van der Waals surface area (Å²) in [7, 11) is 1.87. The Morgan fingerprint density at radius 1 is 1.27 bits per heavy atom. The van der Waals surface area contributed by atoms with Gasteiger partial charge in [0.15, 0.2) is 0 Å². The van der Waals surface area contributed by atoms with Crippen LogP contribution in [-0.2, 0) is 13.5 Å². The summed E-state index contributed by atoms with van der Waals surface area (Å²) in [5.41, 5.74) is 3.59. The SMILES string of the molecule is Cn1cc(-c2ccc3nc4c(n3c2)N(C(=O)O)CCC4)cn1. The first kappa shape index (κ1) is 12.9. The lowest BCUT2D eigenvalue weighted by Gasteiger charge is -2.23. The zero-order chi connectivity index (χ0) is 15.3. The second-order valence-electron chi connectivity index (χ2n) is 5.47. The molecule has 7 nitrogen and oxygen atoms in total. The van der Waals surface area contributed by atoms with Gasteiger partial charge >= 0.3 is 6.09 Å². The Balaban J connectivity index is 1.92. The van der Waals surface area contributed by atoms with Crippen LogP contribution in [0.1, 0.15) is 12.1 Å². The van der Waals surface area contributed by atoms with Crippen LogP contribution in [0.5, 0.6) is 0 Å². The van der Waals surface area contributed by atoms with Crippen molar-refractivity contribution in [1.29, 1.82) is 0 Å². The molecule has 0 saturated carbocycles. The minimum atomic E-state index is -0.936. The highest BCUT2D eigenvalue weighted by atomic mass is 16.4.